The Morgan fingerprint density at radius 3 is 2.55 bits per heavy atom. The summed E-state index contributed by atoms with van der Waals surface area (Å²) in [4.78, 5) is 13.1. The molecule has 1 N–H and O–H groups in total. The first-order valence-electron chi connectivity index (χ1n) is 7.21. The number of aryl methyl sites for hydroxylation is 1. The lowest BCUT2D eigenvalue weighted by atomic mass is 10.2. The highest BCUT2D eigenvalue weighted by Gasteiger charge is 2.15. The summed E-state index contributed by atoms with van der Waals surface area (Å²) >= 11 is 0. The highest BCUT2D eigenvalue weighted by molar-refractivity contribution is 7.89. The maximum Gasteiger partial charge on any atom is 0.259 e. The van der Waals surface area contributed by atoms with Gasteiger partial charge in [-0.15, -0.1) is 0 Å². The van der Waals surface area contributed by atoms with Gasteiger partial charge in [-0.1, -0.05) is 13.3 Å². The number of nitrogens with zero attached hydrogens (tertiary/aromatic N) is 1. The molecule has 1 amide bonds. The molecule has 0 radical (unpaired) electrons. The lowest BCUT2D eigenvalue weighted by molar-refractivity contribution is -0.130. The molecule has 0 atom stereocenters. The van der Waals surface area contributed by atoms with Crippen LogP contribution in [0.4, 0.5) is 0 Å². The number of benzene rings is 1. The number of carbonyl (C=O) groups is 1. The molecule has 0 fully saturated rings. The molecule has 7 heteroatoms. The quantitative estimate of drug-likeness (QED) is 0.735. The van der Waals surface area contributed by atoms with Gasteiger partial charge in [-0.25, -0.2) is 13.1 Å². The number of hydrogen-bond donors (Lipinski definition) is 1. The van der Waals surface area contributed by atoms with Crippen LogP contribution in [0, 0.1) is 6.92 Å². The fourth-order valence-corrected chi connectivity index (χ4v) is 2.85. The minimum atomic E-state index is -3.50. The fourth-order valence-electron chi connectivity index (χ4n) is 1.69. The predicted molar refractivity (Wildman–Crippen MR) is 85.5 cm³/mol. The third-order valence-electron chi connectivity index (χ3n) is 3.13. The van der Waals surface area contributed by atoms with Crippen molar-refractivity contribution in [3.63, 3.8) is 0 Å². The number of unbranched alkanes of at least 4 members (excludes halogenated alkanes) is 1. The van der Waals surface area contributed by atoms with Gasteiger partial charge < -0.3 is 9.64 Å². The molecule has 124 valence electrons. The van der Waals surface area contributed by atoms with E-state index in [0.29, 0.717) is 17.9 Å². The summed E-state index contributed by atoms with van der Waals surface area (Å²) in [6, 6.07) is 4.60. The average molecular weight is 328 g/mol. The molecule has 6 nitrogen and oxygen atoms in total. The molecule has 0 aromatic heterocycles. The summed E-state index contributed by atoms with van der Waals surface area (Å²) in [5.74, 6) is 0.347. The normalized spacial score (nSPS) is 11.3. The Morgan fingerprint density at radius 2 is 2.00 bits per heavy atom. The van der Waals surface area contributed by atoms with Gasteiger partial charge in [-0.2, -0.15) is 0 Å². The van der Waals surface area contributed by atoms with Crippen LogP contribution in [0.2, 0.25) is 0 Å². The minimum absolute atomic E-state index is 0.0747. The molecule has 1 aromatic rings. The van der Waals surface area contributed by atoms with E-state index in [0.717, 1.165) is 12.8 Å². The number of sulfonamides is 1. The number of rotatable bonds is 8. The van der Waals surface area contributed by atoms with E-state index in [9.17, 15) is 13.2 Å². The molecule has 0 aliphatic rings. The van der Waals surface area contributed by atoms with E-state index in [1.807, 2.05) is 6.92 Å². The number of carbonyl (C=O) groups excluding carboxylic acids is 1. The second-order valence-corrected chi connectivity index (χ2v) is 7.02. The summed E-state index contributed by atoms with van der Waals surface area (Å²) in [6.45, 7) is 4.10. The molecular formula is C15H24N2O4S. The van der Waals surface area contributed by atoms with Gasteiger partial charge in [-0.3, -0.25) is 4.79 Å². The van der Waals surface area contributed by atoms with E-state index in [2.05, 4.69) is 4.72 Å². The fraction of sp³-hybridized carbons (Fsp3) is 0.533. The van der Waals surface area contributed by atoms with Gasteiger partial charge in [0.15, 0.2) is 6.61 Å². The minimum Gasteiger partial charge on any atom is -0.483 e. The molecule has 0 bridgehead atoms. The van der Waals surface area contributed by atoms with Crippen LogP contribution >= 0.6 is 0 Å². The number of amides is 1. The van der Waals surface area contributed by atoms with Crippen molar-refractivity contribution >= 4 is 15.9 Å². The van der Waals surface area contributed by atoms with Gasteiger partial charge in [0.1, 0.15) is 5.75 Å². The second kappa shape index (κ2) is 8.14. The zero-order valence-electron chi connectivity index (χ0n) is 13.5. The third kappa shape index (κ3) is 5.31. The van der Waals surface area contributed by atoms with Crippen LogP contribution in [0.1, 0.15) is 25.3 Å². The van der Waals surface area contributed by atoms with Crippen molar-refractivity contribution in [3.05, 3.63) is 23.8 Å². The molecule has 0 saturated carbocycles. The number of hydrogen-bond acceptors (Lipinski definition) is 4. The first-order valence-corrected chi connectivity index (χ1v) is 8.69. The molecule has 1 aromatic carbocycles. The predicted octanol–water partition coefficient (Wildman–Crippen LogP) is 1.54. The maximum atomic E-state index is 12.1. The van der Waals surface area contributed by atoms with Crippen LogP contribution in [0.5, 0.6) is 5.75 Å². The van der Waals surface area contributed by atoms with E-state index in [1.165, 1.54) is 11.0 Å². The molecule has 0 heterocycles. The molecular weight excluding hydrogens is 304 g/mol. The lowest BCUT2D eigenvalue weighted by Gasteiger charge is -2.13. The summed E-state index contributed by atoms with van der Waals surface area (Å²) < 4.78 is 32.2. The first-order chi connectivity index (χ1) is 10.3. The SMILES string of the molecule is CCCCNS(=O)(=O)c1ccc(OCC(=O)N(C)C)c(C)c1. The largest absolute Gasteiger partial charge is 0.483 e. The van der Waals surface area contributed by atoms with Crippen LogP contribution in [0.25, 0.3) is 0 Å². The van der Waals surface area contributed by atoms with Crippen molar-refractivity contribution in [3.8, 4) is 5.75 Å². The number of nitrogens with one attached hydrogen (secondary N) is 1. The number of likely N-dealkylation sites (N-methyl/N-ethyl adjacent to an activating group) is 1. The van der Waals surface area contributed by atoms with Crippen LogP contribution in [-0.2, 0) is 14.8 Å². The number of ether oxygens (including phenoxy) is 1. The van der Waals surface area contributed by atoms with E-state index in [4.69, 9.17) is 4.74 Å². The Morgan fingerprint density at radius 1 is 1.32 bits per heavy atom. The maximum absolute atomic E-state index is 12.1. The van der Waals surface area contributed by atoms with Gasteiger partial charge >= 0.3 is 0 Å². The Balaban J connectivity index is 2.78. The van der Waals surface area contributed by atoms with Gasteiger partial charge in [0.05, 0.1) is 4.90 Å². The van der Waals surface area contributed by atoms with E-state index < -0.39 is 10.0 Å². The first kappa shape index (κ1) is 18.4. The molecule has 0 spiro atoms. The molecule has 22 heavy (non-hydrogen) atoms. The Bertz CT molecular complexity index is 612. The molecule has 0 aliphatic carbocycles. The van der Waals surface area contributed by atoms with Crippen molar-refractivity contribution < 1.29 is 17.9 Å². The monoisotopic (exact) mass is 328 g/mol. The summed E-state index contributed by atoms with van der Waals surface area (Å²) in [5.41, 5.74) is 0.671. The Hall–Kier alpha value is -1.60. The third-order valence-corrected chi connectivity index (χ3v) is 4.59. The smallest absolute Gasteiger partial charge is 0.259 e. The van der Waals surface area contributed by atoms with Crippen LogP contribution in [0.15, 0.2) is 23.1 Å². The summed E-state index contributed by atoms with van der Waals surface area (Å²) in [5, 5.41) is 0. The average Bonchev–Trinajstić information content (AvgIpc) is 2.45. The standard InChI is InChI=1S/C15H24N2O4S/c1-5-6-9-16-22(19,20)13-7-8-14(12(2)10-13)21-11-15(18)17(3)4/h7-8,10,16H,5-6,9,11H2,1-4H3. The lowest BCUT2D eigenvalue weighted by Crippen LogP contribution is -2.27. The molecule has 0 aliphatic heterocycles. The van der Waals surface area contributed by atoms with Crippen molar-refractivity contribution in [2.45, 2.75) is 31.6 Å². The molecule has 0 unspecified atom stereocenters. The van der Waals surface area contributed by atoms with E-state index in [1.54, 1.807) is 33.2 Å². The zero-order valence-corrected chi connectivity index (χ0v) is 14.4. The van der Waals surface area contributed by atoms with Gasteiger partial charge in [0, 0.05) is 20.6 Å². The van der Waals surface area contributed by atoms with Crippen LogP contribution in [-0.4, -0.2) is 46.5 Å². The van der Waals surface area contributed by atoms with Gasteiger partial charge in [0.2, 0.25) is 10.0 Å². The topological polar surface area (TPSA) is 75.7 Å². The van der Waals surface area contributed by atoms with E-state index >= 15 is 0 Å². The molecule has 0 saturated heterocycles. The molecule has 1 rings (SSSR count). The van der Waals surface area contributed by atoms with Crippen molar-refractivity contribution in [2.75, 3.05) is 27.2 Å². The van der Waals surface area contributed by atoms with Crippen LogP contribution in [0.3, 0.4) is 0 Å². The van der Waals surface area contributed by atoms with Crippen molar-refractivity contribution in [2.24, 2.45) is 0 Å². The van der Waals surface area contributed by atoms with Crippen LogP contribution < -0.4 is 9.46 Å². The summed E-state index contributed by atoms with van der Waals surface area (Å²) in [6.07, 6.45) is 1.72. The second-order valence-electron chi connectivity index (χ2n) is 5.26. The zero-order chi connectivity index (χ0) is 16.8. The summed E-state index contributed by atoms with van der Waals surface area (Å²) in [7, 11) is -0.199. The highest BCUT2D eigenvalue weighted by atomic mass is 32.2. The Kier molecular flexibility index (Phi) is 6.83. The highest BCUT2D eigenvalue weighted by Crippen LogP contribution is 2.21. The van der Waals surface area contributed by atoms with Gasteiger partial charge in [-0.05, 0) is 37.1 Å². The van der Waals surface area contributed by atoms with E-state index in [-0.39, 0.29) is 17.4 Å². The van der Waals surface area contributed by atoms with Crippen molar-refractivity contribution in [1.82, 2.24) is 9.62 Å². The van der Waals surface area contributed by atoms with Crippen molar-refractivity contribution in [1.29, 1.82) is 0 Å². The van der Waals surface area contributed by atoms with Gasteiger partial charge in [0.25, 0.3) is 5.91 Å². The Labute approximate surface area is 132 Å².